The predicted octanol–water partition coefficient (Wildman–Crippen LogP) is 9.02. The number of benzene rings is 5. The van der Waals surface area contributed by atoms with Gasteiger partial charge in [0.1, 0.15) is 11.5 Å². The van der Waals surface area contributed by atoms with E-state index in [4.69, 9.17) is 21.3 Å². The zero-order valence-corrected chi connectivity index (χ0v) is 20.5. The van der Waals surface area contributed by atoms with Crippen LogP contribution in [0.3, 0.4) is 0 Å². The van der Waals surface area contributed by atoms with Gasteiger partial charge in [0.05, 0.1) is 10.9 Å². The number of halogens is 1. The second kappa shape index (κ2) is 7.55. The number of para-hydroxylation sites is 3. The third-order valence-electron chi connectivity index (χ3n) is 7.85. The lowest BCUT2D eigenvalue weighted by Gasteiger charge is -2.39. The lowest BCUT2D eigenvalue weighted by atomic mass is 9.66. The van der Waals surface area contributed by atoms with Crippen LogP contribution in [0.5, 0.6) is 11.5 Å². The van der Waals surface area contributed by atoms with Crippen LogP contribution in [0.4, 0.5) is 0 Å². The third kappa shape index (κ3) is 2.74. The minimum atomic E-state index is -0.547. The lowest BCUT2D eigenvalue weighted by Crippen LogP contribution is -2.32. The smallest absolute Gasteiger partial charge is 0.132 e. The van der Waals surface area contributed by atoms with Gasteiger partial charge in [-0.1, -0.05) is 90.5 Å². The summed E-state index contributed by atoms with van der Waals surface area (Å²) in [6, 6.07) is 40.4. The van der Waals surface area contributed by atoms with E-state index < -0.39 is 5.41 Å². The maximum atomic E-state index is 6.68. The fourth-order valence-corrected chi connectivity index (χ4v) is 6.55. The van der Waals surface area contributed by atoms with Gasteiger partial charge in [-0.15, -0.1) is 0 Å². The van der Waals surface area contributed by atoms with Gasteiger partial charge in [0.15, 0.2) is 0 Å². The summed E-state index contributed by atoms with van der Waals surface area (Å²) in [4.78, 5) is 4.74. The average molecular weight is 494 g/mol. The summed E-state index contributed by atoms with van der Waals surface area (Å²) in [6.45, 7) is 0. The Labute approximate surface area is 219 Å². The summed E-state index contributed by atoms with van der Waals surface area (Å²) >= 11 is 6.68. The zero-order chi connectivity index (χ0) is 24.6. The number of pyridine rings is 1. The average Bonchev–Trinajstić information content (AvgIpc) is 3.22. The number of aromatic nitrogens is 1. The van der Waals surface area contributed by atoms with Gasteiger partial charge in [0.2, 0.25) is 0 Å². The summed E-state index contributed by atoms with van der Waals surface area (Å²) in [7, 11) is 0. The van der Waals surface area contributed by atoms with E-state index in [1.54, 1.807) is 0 Å². The molecule has 2 aliphatic rings. The zero-order valence-electron chi connectivity index (χ0n) is 19.8. The van der Waals surface area contributed by atoms with Crippen molar-refractivity contribution in [2.75, 3.05) is 0 Å². The van der Waals surface area contributed by atoms with Crippen molar-refractivity contribution in [2.45, 2.75) is 5.41 Å². The van der Waals surface area contributed by atoms with Gasteiger partial charge in [-0.25, -0.2) is 0 Å². The second-order valence-corrected chi connectivity index (χ2v) is 10.1. The Balaban J connectivity index is 1.52. The summed E-state index contributed by atoms with van der Waals surface area (Å²) in [5, 5.41) is 1.86. The molecule has 1 spiro atoms. The van der Waals surface area contributed by atoms with E-state index in [9.17, 15) is 0 Å². The third-order valence-corrected chi connectivity index (χ3v) is 8.08. The highest BCUT2D eigenvalue weighted by molar-refractivity contribution is 6.30. The molecule has 2 nitrogen and oxygen atoms in total. The molecular formula is C34H20ClNO. The molecule has 174 valence electrons. The van der Waals surface area contributed by atoms with Crippen molar-refractivity contribution in [1.82, 2.24) is 4.98 Å². The Hall–Kier alpha value is -4.40. The van der Waals surface area contributed by atoms with Gasteiger partial charge in [0, 0.05) is 33.3 Å². The molecular weight excluding hydrogens is 474 g/mol. The number of fused-ring (bicyclic) bond motifs is 10. The minimum Gasteiger partial charge on any atom is -0.457 e. The van der Waals surface area contributed by atoms with Crippen LogP contribution in [0.2, 0.25) is 5.02 Å². The SMILES string of the molecule is Clc1ccc2c(c1)C1(c3ccccc3Oc3ccccc31)c1cc(-c3cccc4cccnc34)ccc1-2. The van der Waals surface area contributed by atoms with E-state index in [2.05, 4.69) is 91.0 Å². The van der Waals surface area contributed by atoms with E-state index in [0.717, 1.165) is 49.7 Å². The molecule has 37 heavy (non-hydrogen) atoms. The molecule has 0 saturated carbocycles. The van der Waals surface area contributed by atoms with Crippen LogP contribution >= 0.6 is 11.6 Å². The largest absolute Gasteiger partial charge is 0.457 e. The van der Waals surface area contributed by atoms with Gasteiger partial charge in [-0.3, -0.25) is 4.98 Å². The first-order valence-corrected chi connectivity index (χ1v) is 12.8. The van der Waals surface area contributed by atoms with Crippen LogP contribution in [0.25, 0.3) is 33.2 Å². The number of ether oxygens (including phenoxy) is 1. The van der Waals surface area contributed by atoms with E-state index in [-0.39, 0.29) is 0 Å². The van der Waals surface area contributed by atoms with Crippen LogP contribution < -0.4 is 4.74 Å². The fourth-order valence-electron chi connectivity index (χ4n) is 6.38. The first-order chi connectivity index (χ1) is 18.2. The van der Waals surface area contributed by atoms with E-state index in [1.165, 1.54) is 22.3 Å². The Morgan fingerprint density at radius 2 is 1.24 bits per heavy atom. The molecule has 1 aliphatic heterocycles. The van der Waals surface area contributed by atoms with Crippen LogP contribution in [0.15, 0.2) is 121 Å². The number of rotatable bonds is 1. The minimum absolute atomic E-state index is 0.547. The van der Waals surface area contributed by atoms with Crippen molar-refractivity contribution in [1.29, 1.82) is 0 Å². The fraction of sp³-hybridized carbons (Fsp3) is 0.0294. The lowest BCUT2D eigenvalue weighted by molar-refractivity contribution is 0.436. The highest BCUT2D eigenvalue weighted by Crippen LogP contribution is 2.62. The van der Waals surface area contributed by atoms with Crippen molar-refractivity contribution in [3.8, 4) is 33.8 Å². The van der Waals surface area contributed by atoms with Crippen LogP contribution in [-0.2, 0) is 5.41 Å². The molecule has 0 saturated heterocycles. The molecule has 0 fully saturated rings. The van der Waals surface area contributed by atoms with Crippen molar-refractivity contribution in [3.63, 3.8) is 0 Å². The molecule has 0 atom stereocenters. The van der Waals surface area contributed by atoms with E-state index in [0.29, 0.717) is 0 Å². The van der Waals surface area contributed by atoms with E-state index in [1.807, 2.05) is 30.5 Å². The molecule has 1 aromatic heterocycles. The van der Waals surface area contributed by atoms with Gasteiger partial charge in [-0.05, 0) is 64.2 Å². The van der Waals surface area contributed by atoms with Gasteiger partial charge in [0.25, 0.3) is 0 Å². The highest BCUT2D eigenvalue weighted by Gasteiger charge is 2.51. The van der Waals surface area contributed by atoms with Gasteiger partial charge < -0.3 is 4.74 Å². The van der Waals surface area contributed by atoms with E-state index >= 15 is 0 Å². The first kappa shape index (κ1) is 20.8. The maximum Gasteiger partial charge on any atom is 0.132 e. The number of hydrogen-bond acceptors (Lipinski definition) is 2. The van der Waals surface area contributed by atoms with Crippen LogP contribution in [0.1, 0.15) is 22.3 Å². The highest BCUT2D eigenvalue weighted by atomic mass is 35.5. The molecule has 5 aromatic carbocycles. The monoisotopic (exact) mass is 493 g/mol. The van der Waals surface area contributed by atoms with Crippen molar-refractivity contribution >= 4 is 22.5 Å². The standard InChI is InChI=1S/C34H20ClNO/c35-23-15-17-26-25-16-14-22(24-9-5-7-21-8-6-18-36-33(21)24)19-29(25)34(30(26)20-23)27-10-1-3-12-31(27)37-32-13-4-2-11-28(32)34/h1-20H. The summed E-state index contributed by atoms with van der Waals surface area (Å²) < 4.78 is 6.45. The molecule has 6 aromatic rings. The van der Waals surface area contributed by atoms with Crippen LogP contribution in [0, 0.1) is 0 Å². The number of nitrogens with zero attached hydrogens (tertiary/aromatic N) is 1. The van der Waals surface area contributed by atoms with Gasteiger partial charge in [-0.2, -0.15) is 0 Å². The predicted molar refractivity (Wildman–Crippen MR) is 150 cm³/mol. The topological polar surface area (TPSA) is 22.1 Å². The molecule has 1 aliphatic carbocycles. The Morgan fingerprint density at radius 3 is 2.03 bits per heavy atom. The van der Waals surface area contributed by atoms with Crippen LogP contribution in [-0.4, -0.2) is 4.98 Å². The molecule has 8 rings (SSSR count). The van der Waals surface area contributed by atoms with Gasteiger partial charge >= 0.3 is 0 Å². The molecule has 0 unspecified atom stereocenters. The summed E-state index contributed by atoms with van der Waals surface area (Å²) in [6.07, 6.45) is 1.86. The molecule has 0 amide bonds. The quantitative estimate of drug-likeness (QED) is 0.227. The number of hydrogen-bond donors (Lipinski definition) is 0. The molecule has 2 heterocycles. The summed E-state index contributed by atoms with van der Waals surface area (Å²) in [5.41, 5.74) is 9.82. The Morgan fingerprint density at radius 1 is 0.568 bits per heavy atom. The first-order valence-electron chi connectivity index (χ1n) is 12.4. The molecule has 0 bridgehead atoms. The molecule has 3 heteroatoms. The molecule has 0 N–H and O–H groups in total. The Bertz CT molecular complexity index is 1840. The normalized spacial score (nSPS) is 14.0. The molecule has 0 radical (unpaired) electrons. The Kier molecular flexibility index (Phi) is 4.24. The van der Waals surface area contributed by atoms with Crippen molar-refractivity contribution < 1.29 is 4.74 Å². The van der Waals surface area contributed by atoms with Crippen molar-refractivity contribution in [3.05, 3.63) is 149 Å². The summed E-state index contributed by atoms with van der Waals surface area (Å²) in [5.74, 6) is 1.74. The second-order valence-electron chi connectivity index (χ2n) is 9.68. The maximum absolute atomic E-state index is 6.68. The van der Waals surface area contributed by atoms with Crippen molar-refractivity contribution in [2.24, 2.45) is 0 Å².